The predicted octanol–water partition coefficient (Wildman–Crippen LogP) is 1.86. The summed E-state index contributed by atoms with van der Waals surface area (Å²) >= 11 is 0. The summed E-state index contributed by atoms with van der Waals surface area (Å²) in [4.78, 5) is 7.97. The van der Waals surface area contributed by atoms with Crippen molar-refractivity contribution in [3.63, 3.8) is 0 Å². The van der Waals surface area contributed by atoms with Crippen molar-refractivity contribution in [1.82, 2.24) is 9.97 Å². The Labute approximate surface area is 80.4 Å². The first-order chi connectivity index (χ1) is 6.77. The van der Waals surface area contributed by atoms with Gasteiger partial charge in [0.05, 0.1) is 0 Å². The van der Waals surface area contributed by atoms with Crippen molar-refractivity contribution in [2.45, 2.75) is 0 Å². The van der Waals surface area contributed by atoms with Gasteiger partial charge < -0.3 is 5.73 Å². The first-order valence-corrected chi connectivity index (χ1v) is 4.10. The maximum Gasteiger partial charge on any atom is 0.149 e. The molecule has 14 heavy (non-hydrogen) atoms. The number of rotatable bonds is 1. The minimum atomic E-state index is -0.281. The molecule has 0 aliphatic rings. The van der Waals surface area contributed by atoms with Crippen molar-refractivity contribution in [2.75, 3.05) is 5.73 Å². The fourth-order valence-corrected chi connectivity index (χ4v) is 1.18. The Morgan fingerprint density at radius 3 is 2.29 bits per heavy atom. The van der Waals surface area contributed by atoms with Gasteiger partial charge in [-0.3, -0.25) is 4.98 Å². The average molecular weight is 189 g/mol. The topological polar surface area (TPSA) is 51.8 Å². The maximum atomic E-state index is 12.6. The van der Waals surface area contributed by atoms with Crippen molar-refractivity contribution in [1.29, 1.82) is 0 Å². The van der Waals surface area contributed by atoms with Crippen molar-refractivity contribution in [3.8, 4) is 11.3 Å². The highest BCUT2D eigenvalue weighted by Gasteiger charge is 2.03. The van der Waals surface area contributed by atoms with E-state index in [9.17, 15) is 4.39 Å². The van der Waals surface area contributed by atoms with Gasteiger partial charge in [0.2, 0.25) is 0 Å². The van der Waals surface area contributed by atoms with Crippen LogP contribution in [0.5, 0.6) is 0 Å². The number of aromatic nitrogens is 2. The second kappa shape index (κ2) is 3.41. The van der Waals surface area contributed by atoms with Crippen LogP contribution in [0.25, 0.3) is 11.3 Å². The lowest BCUT2D eigenvalue weighted by molar-refractivity contribution is 0.628. The molecule has 0 atom stereocenters. The molecule has 0 bridgehead atoms. The third kappa shape index (κ3) is 1.54. The van der Waals surface area contributed by atoms with Gasteiger partial charge in [-0.1, -0.05) is 0 Å². The lowest BCUT2D eigenvalue weighted by Crippen LogP contribution is -1.95. The average Bonchev–Trinajstić information content (AvgIpc) is 2.20. The zero-order valence-corrected chi connectivity index (χ0v) is 7.31. The van der Waals surface area contributed by atoms with Gasteiger partial charge in [-0.25, -0.2) is 9.37 Å². The third-order valence-corrected chi connectivity index (χ3v) is 1.84. The molecule has 0 fully saturated rings. The summed E-state index contributed by atoms with van der Waals surface area (Å²) in [6.45, 7) is 0. The van der Waals surface area contributed by atoms with E-state index in [1.807, 2.05) is 0 Å². The van der Waals surface area contributed by atoms with Crippen LogP contribution >= 0.6 is 0 Å². The van der Waals surface area contributed by atoms with Gasteiger partial charge in [-0.15, -0.1) is 0 Å². The van der Waals surface area contributed by atoms with E-state index in [-0.39, 0.29) is 5.82 Å². The van der Waals surface area contributed by atoms with Gasteiger partial charge in [-0.05, 0) is 24.3 Å². The molecule has 1 aromatic heterocycles. The molecule has 4 heteroatoms. The minimum Gasteiger partial charge on any atom is -0.382 e. The largest absolute Gasteiger partial charge is 0.382 e. The normalized spacial score (nSPS) is 10.1. The van der Waals surface area contributed by atoms with Crippen LogP contribution in [0, 0.1) is 5.82 Å². The fraction of sp³-hybridized carbons (Fsp3) is 0. The SMILES string of the molecule is Nc1nccnc1-c1ccc(F)cc1. The van der Waals surface area contributed by atoms with Gasteiger partial charge in [0.15, 0.2) is 0 Å². The second-order valence-electron chi connectivity index (χ2n) is 2.80. The molecule has 0 aliphatic carbocycles. The Bertz CT molecular complexity index is 439. The number of nitrogen functional groups attached to an aromatic ring is 1. The number of halogens is 1. The number of hydrogen-bond donors (Lipinski definition) is 1. The molecule has 70 valence electrons. The van der Waals surface area contributed by atoms with E-state index in [2.05, 4.69) is 9.97 Å². The maximum absolute atomic E-state index is 12.6. The van der Waals surface area contributed by atoms with Crippen LogP contribution in [-0.2, 0) is 0 Å². The molecule has 0 radical (unpaired) electrons. The Balaban J connectivity index is 2.50. The fourth-order valence-electron chi connectivity index (χ4n) is 1.18. The Kier molecular flexibility index (Phi) is 2.10. The summed E-state index contributed by atoms with van der Waals surface area (Å²) in [5.41, 5.74) is 6.96. The quantitative estimate of drug-likeness (QED) is 0.744. The summed E-state index contributed by atoms with van der Waals surface area (Å²) in [6.07, 6.45) is 3.07. The van der Waals surface area contributed by atoms with E-state index >= 15 is 0 Å². The van der Waals surface area contributed by atoms with Gasteiger partial charge in [0, 0.05) is 18.0 Å². The lowest BCUT2D eigenvalue weighted by Gasteiger charge is -2.02. The highest BCUT2D eigenvalue weighted by Crippen LogP contribution is 2.20. The number of anilines is 1. The first-order valence-electron chi connectivity index (χ1n) is 4.10. The Hall–Kier alpha value is -1.97. The molecule has 0 amide bonds. The smallest absolute Gasteiger partial charge is 0.149 e. The highest BCUT2D eigenvalue weighted by atomic mass is 19.1. The molecule has 0 spiro atoms. The molecular formula is C10H8FN3. The molecule has 3 nitrogen and oxygen atoms in total. The number of benzene rings is 1. The first kappa shape index (κ1) is 8.62. The standard InChI is InChI=1S/C10H8FN3/c11-8-3-1-7(2-4-8)9-10(12)14-6-5-13-9/h1-6H,(H2,12,14). The summed E-state index contributed by atoms with van der Waals surface area (Å²) in [5, 5.41) is 0. The second-order valence-corrected chi connectivity index (χ2v) is 2.80. The van der Waals surface area contributed by atoms with Crippen molar-refractivity contribution < 1.29 is 4.39 Å². The summed E-state index contributed by atoms with van der Waals surface area (Å²) in [5.74, 6) is 0.0651. The molecule has 1 heterocycles. The van der Waals surface area contributed by atoms with Gasteiger partial charge >= 0.3 is 0 Å². The predicted molar refractivity (Wildman–Crippen MR) is 51.8 cm³/mol. The van der Waals surface area contributed by atoms with Crippen LogP contribution in [0.15, 0.2) is 36.7 Å². The van der Waals surface area contributed by atoms with Crippen LogP contribution in [0.3, 0.4) is 0 Å². The van der Waals surface area contributed by atoms with Crippen LogP contribution in [0.1, 0.15) is 0 Å². The summed E-state index contributed by atoms with van der Waals surface area (Å²) < 4.78 is 12.6. The van der Waals surface area contributed by atoms with E-state index in [1.54, 1.807) is 18.3 Å². The number of hydrogen-bond acceptors (Lipinski definition) is 3. The van der Waals surface area contributed by atoms with Crippen LogP contribution in [0.4, 0.5) is 10.2 Å². The van der Waals surface area contributed by atoms with E-state index in [0.29, 0.717) is 11.5 Å². The molecule has 2 N–H and O–H groups in total. The van der Waals surface area contributed by atoms with E-state index in [0.717, 1.165) is 5.56 Å². The van der Waals surface area contributed by atoms with Crippen molar-refractivity contribution in [3.05, 3.63) is 42.5 Å². The van der Waals surface area contributed by atoms with Gasteiger partial charge in [0.1, 0.15) is 17.3 Å². The third-order valence-electron chi connectivity index (χ3n) is 1.84. The molecular weight excluding hydrogens is 181 g/mol. The zero-order valence-electron chi connectivity index (χ0n) is 7.31. The molecule has 2 rings (SSSR count). The highest BCUT2D eigenvalue weighted by molar-refractivity contribution is 5.68. The monoisotopic (exact) mass is 189 g/mol. The Morgan fingerprint density at radius 2 is 1.64 bits per heavy atom. The Morgan fingerprint density at radius 1 is 1.00 bits per heavy atom. The van der Waals surface area contributed by atoms with Gasteiger partial charge in [-0.2, -0.15) is 0 Å². The lowest BCUT2D eigenvalue weighted by atomic mass is 10.1. The number of nitrogens with zero attached hydrogens (tertiary/aromatic N) is 2. The molecule has 0 aliphatic heterocycles. The van der Waals surface area contributed by atoms with Crippen molar-refractivity contribution >= 4 is 5.82 Å². The van der Waals surface area contributed by atoms with Crippen molar-refractivity contribution in [2.24, 2.45) is 0 Å². The molecule has 0 saturated carbocycles. The number of nitrogens with two attached hydrogens (primary N) is 1. The zero-order chi connectivity index (χ0) is 9.97. The van der Waals surface area contributed by atoms with Crippen LogP contribution in [-0.4, -0.2) is 9.97 Å². The van der Waals surface area contributed by atoms with Crippen LogP contribution in [0.2, 0.25) is 0 Å². The van der Waals surface area contributed by atoms with E-state index in [1.165, 1.54) is 18.3 Å². The molecule has 1 aromatic carbocycles. The molecule has 0 saturated heterocycles. The van der Waals surface area contributed by atoms with E-state index in [4.69, 9.17) is 5.73 Å². The van der Waals surface area contributed by atoms with E-state index < -0.39 is 0 Å². The van der Waals surface area contributed by atoms with Crippen LogP contribution < -0.4 is 5.73 Å². The summed E-state index contributed by atoms with van der Waals surface area (Å²) in [6, 6.07) is 5.97. The molecule has 2 aromatic rings. The summed E-state index contributed by atoms with van der Waals surface area (Å²) in [7, 11) is 0. The minimum absolute atomic E-state index is 0.281. The van der Waals surface area contributed by atoms with Gasteiger partial charge in [0.25, 0.3) is 0 Å². The molecule has 0 unspecified atom stereocenters.